The number of carbonyl (C=O) groups excluding carboxylic acids is 1. The molecular formula is C10H14N2O5S. The van der Waals surface area contributed by atoms with Crippen LogP contribution in [-0.2, 0) is 14.8 Å². The van der Waals surface area contributed by atoms with Gasteiger partial charge in [0, 0.05) is 6.07 Å². The van der Waals surface area contributed by atoms with E-state index in [1.807, 2.05) is 4.72 Å². The largest absolute Gasteiger partial charge is 0.497 e. The summed E-state index contributed by atoms with van der Waals surface area (Å²) >= 11 is 0. The minimum absolute atomic E-state index is 0.105. The third-order valence-corrected chi connectivity index (χ3v) is 3.49. The van der Waals surface area contributed by atoms with Crippen molar-refractivity contribution in [1.29, 1.82) is 0 Å². The molecule has 0 spiro atoms. The van der Waals surface area contributed by atoms with Crippen LogP contribution in [0.3, 0.4) is 0 Å². The SMILES string of the molecule is COc1ccc(OC)c(S(=O)(=O)NC(=O)CN)c1. The maximum absolute atomic E-state index is 11.9. The summed E-state index contributed by atoms with van der Waals surface area (Å²) in [6.45, 7) is -0.425. The number of amides is 1. The lowest BCUT2D eigenvalue weighted by Gasteiger charge is -2.11. The van der Waals surface area contributed by atoms with Crippen LogP contribution in [0.25, 0.3) is 0 Å². The minimum atomic E-state index is -4.03. The van der Waals surface area contributed by atoms with Gasteiger partial charge in [-0.3, -0.25) is 4.79 Å². The third kappa shape index (κ3) is 3.11. The molecule has 1 aromatic rings. The quantitative estimate of drug-likeness (QED) is 0.747. The van der Waals surface area contributed by atoms with Gasteiger partial charge in [-0.1, -0.05) is 0 Å². The number of methoxy groups -OCH3 is 2. The molecule has 0 bridgehead atoms. The molecule has 0 saturated carbocycles. The minimum Gasteiger partial charge on any atom is -0.497 e. The number of rotatable bonds is 5. The molecule has 0 heterocycles. The van der Waals surface area contributed by atoms with E-state index in [1.54, 1.807) is 6.07 Å². The molecule has 0 unspecified atom stereocenters. The van der Waals surface area contributed by atoms with Gasteiger partial charge < -0.3 is 15.2 Å². The van der Waals surface area contributed by atoms with Crippen LogP contribution in [0.5, 0.6) is 11.5 Å². The maximum atomic E-state index is 11.9. The van der Waals surface area contributed by atoms with Crippen molar-refractivity contribution in [2.75, 3.05) is 20.8 Å². The summed E-state index contributed by atoms with van der Waals surface area (Å²) < 4.78 is 35.5. The summed E-state index contributed by atoms with van der Waals surface area (Å²) in [4.78, 5) is 10.9. The normalized spacial score (nSPS) is 10.8. The first kappa shape index (κ1) is 14.3. The third-order valence-electron chi connectivity index (χ3n) is 2.09. The summed E-state index contributed by atoms with van der Waals surface area (Å²) in [5.41, 5.74) is 5.05. The Labute approximate surface area is 105 Å². The molecule has 8 heteroatoms. The van der Waals surface area contributed by atoms with Crippen molar-refractivity contribution in [3.8, 4) is 11.5 Å². The average Bonchev–Trinajstić information content (AvgIpc) is 2.37. The Hall–Kier alpha value is -1.80. The number of nitrogens with two attached hydrogens (primary N) is 1. The number of carbonyl (C=O) groups is 1. The summed E-state index contributed by atoms with van der Waals surface area (Å²) in [6, 6.07) is 4.23. The molecule has 7 nitrogen and oxygen atoms in total. The van der Waals surface area contributed by atoms with E-state index in [0.29, 0.717) is 5.75 Å². The van der Waals surface area contributed by atoms with E-state index < -0.39 is 22.5 Å². The van der Waals surface area contributed by atoms with Crippen molar-refractivity contribution in [2.24, 2.45) is 5.73 Å². The van der Waals surface area contributed by atoms with Crippen LogP contribution in [0.1, 0.15) is 0 Å². The lowest BCUT2D eigenvalue weighted by molar-refractivity contribution is -0.118. The van der Waals surface area contributed by atoms with E-state index in [2.05, 4.69) is 0 Å². The summed E-state index contributed by atoms with van der Waals surface area (Å²) in [7, 11) is -1.31. The second-order valence-corrected chi connectivity index (χ2v) is 4.90. The predicted octanol–water partition coefficient (Wildman–Crippen LogP) is -0.533. The van der Waals surface area contributed by atoms with E-state index in [9.17, 15) is 13.2 Å². The highest BCUT2D eigenvalue weighted by Gasteiger charge is 2.22. The molecule has 0 aliphatic carbocycles. The number of sulfonamides is 1. The fourth-order valence-corrected chi connectivity index (χ4v) is 2.42. The second-order valence-electron chi connectivity index (χ2n) is 3.25. The lowest BCUT2D eigenvalue weighted by Crippen LogP contribution is -2.35. The highest BCUT2D eigenvalue weighted by molar-refractivity contribution is 7.90. The maximum Gasteiger partial charge on any atom is 0.267 e. The van der Waals surface area contributed by atoms with Crippen molar-refractivity contribution in [2.45, 2.75) is 4.90 Å². The predicted molar refractivity (Wildman–Crippen MR) is 63.9 cm³/mol. The van der Waals surface area contributed by atoms with Crippen molar-refractivity contribution in [3.63, 3.8) is 0 Å². The van der Waals surface area contributed by atoms with E-state index in [4.69, 9.17) is 15.2 Å². The molecule has 18 heavy (non-hydrogen) atoms. The molecule has 100 valence electrons. The van der Waals surface area contributed by atoms with Crippen molar-refractivity contribution < 1.29 is 22.7 Å². The molecule has 0 radical (unpaired) electrons. The van der Waals surface area contributed by atoms with Crippen LogP contribution in [-0.4, -0.2) is 35.1 Å². The second kappa shape index (κ2) is 5.69. The van der Waals surface area contributed by atoms with Gasteiger partial charge in [0.25, 0.3) is 10.0 Å². The van der Waals surface area contributed by atoms with Gasteiger partial charge in [-0.2, -0.15) is 0 Å². The standard InChI is InChI=1S/C10H14N2O5S/c1-16-7-3-4-8(17-2)9(5-7)18(14,15)12-10(13)6-11/h3-5H,6,11H2,1-2H3,(H,12,13). The Morgan fingerprint density at radius 2 is 2.00 bits per heavy atom. The van der Waals surface area contributed by atoms with E-state index in [1.165, 1.54) is 26.4 Å². The zero-order chi connectivity index (χ0) is 13.8. The Morgan fingerprint density at radius 3 is 2.50 bits per heavy atom. The van der Waals surface area contributed by atoms with Gasteiger partial charge in [0.1, 0.15) is 16.4 Å². The fourth-order valence-electron chi connectivity index (χ4n) is 1.24. The van der Waals surface area contributed by atoms with E-state index in [0.717, 1.165) is 0 Å². The molecule has 0 fully saturated rings. The van der Waals surface area contributed by atoms with Gasteiger partial charge in [-0.25, -0.2) is 13.1 Å². The monoisotopic (exact) mass is 274 g/mol. The molecule has 0 aliphatic heterocycles. The highest BCUT2D eigenvalue weighted by Crippen LogP contribution is 2.27. The summed E-state index contributed by atoms with van der Waals surface area (Å²) in [5.74, 6) is -0.371. The number of hydrogen-bond donors (Lipinski definition) is 2. The molecule has 0 aliphatic rings. The Kier molecular flexibility index (Phi) is 4.51. The Morgan fingerprint density at radius 1 is 1.33 bits per heavy atom. The zero-order valence-corrected chi connectivity index (χ0v) is 10.8. The average molecular weight is 274 g/mol. The highest BCUT2D eigenvalue weighted by atomic mass is 32.2. The number of hydrogen-bond acceptors (Lipinski definition) is 6. The van der Waals surface area contributed by atoms with E-state index in [-0.39, 0.29) is 10.6 Å². The first-order valence-corrected chi connectivity index (χ1v) is 6.40. The summed E-state index contributed by atoms with van der Waals surface area (Å²) in [5, 5.41) is 0. The van der Waals surface area contributed by atoms with Gasteiger partial charge in [0.2, 0.25) is 5.91 Å². The molecule has 1 rings (SSSR count). The van der Waals surface area contributed by atoms with Gasteiger partial charge in [-0.05, 0) is 12.1 Å². The topological polar surface area (TPSA) is 108 Å². The molecule has 0 atom stereocenters. The first-order valence-electron chi connectivity index (χ1n) is 4.92. The Bertz CT molecular complexity index is 541. The van der Waals surface area contributed by atoms with Crippen LogP contribution in [0, 0.1) is 0 Å². The number of benzene rings is 1. The van der Waals surface area contributed by atoms with Crippen LogP contribution in [0.2, 0.25) is 0 Å². The smallest absolute Gasteiger partial charge is 0.267 e. The number of nitrogens with one attached hydrogen (secondary N) is 1. The molecule has 3 N–H and O–H groups in total. The van der Waals surface area contributed by atoms with Crippen molar-refractivity contribution in [1.82, 2.24) is 4.72 Å². The molecule has 0 aromatic heterocycles. The molecule has 1 aromatic carbocycles. The lowest BCUT2D eigenvalue weighted by atomic mass is 10.3. The van der Waals surface area contributed by atoms with Gasteiger partial charge in [-0.15, -0.1) is 0 Å². The van der Waals surface area contributed by atoms with Crippen molar-refractivity contribution in [3.05, 3.63) is 18.2 Å². The van der Waals surface area contributed by atoms with E-state index >= 15 is 0 Å². The Balaban J connectivity index is 3.25. The van der Waals surface area contributed by atoms with Gasteiger partial charge in [0.05, 0.1) is 20.8 Å². The van der Waals surface area contributed by atoms with Crippen molar-refractivity contribution >= 4 is 15.9 Å². The molecule has 1 amide bonds. The zero-order valence-electron chi connectivity index (χ0n) is 9.97. The number of ether oxygens (including phenoxy) is 2. The van der Waals surface area contributed by atoms with Crippen LogP contribution in [0.15, 0.2) is 23.1 Å². The molecule has 0 saturated heterocycles. The fraction of sp³-hybridized carbons (Fsp3) is 0.300. The van der Waals surface area contributed by atoms with Gasteiger partial charge in [0.15, 0.2) is 0 Å². The summed E-state index contributed by atoms with van der Waals surface area (Å²) in [6.07, 6.45) is 0. The molecular weight excluding hydrogens is 260 g/mol. The first-order chi connectivity index (χ1) is 8.44. The van der Waals surface area contributed by atoms with Crippen LogP contribution in [0.4, 0.5) is 0 Å². The van der Waals surface area contributed by atoms with Gasteiger partial charge >= 0.3 is 0 Å². The van der Waals surface area contributed by atoms with Crippen LogP contribution >= 0.6 is 0 Å². The van der Waals surface area contributed by atoms with Crippen LogP contribution < -0.4 is 19.9 Å².